The molecule has 2 aromatic rings. The molecule has 0 aromatic carbocycles. The second kappa shape index (κ2) is 7.34. The summed E-state index contributed by atoms with van der Waals surface area (Å²) in [4.78, 5) is 19.7. The molecular weight excluding hydrogens is 322 g/mol. The maximum Gasteiger partial charge on any atom is 0.317 e. The predicted molar refractivity (Wildman–Crippen MR) is 95.0 cm³/mol. The Balaban J connectivity index is 1.62. The zero-order valence-electron chi connectivity index (χ0n) is 14.4. The van der Waals surface area contributed by atoms with Gasteiger partial charge in [0.15, 0.2) is 0 Å². The van der Waals surface area contributed by atoms with Crippen molar-refractivity contribution in [1.82, 2.24) is 25.0 Å². The zero-order valence-corrected chi connectivity index (χ0v) is 15.2. The van der Waals surface area contributed by atoms with E-state index in [0.29, 0.717) is 13.1 Å². The standard InChI is InChI=1S/C17H25N5OS/c1-21(11-15-19-13-20-22(15)2)16(23)18-12-17(8-4-3-5-9-17)14-7-6-10-24-14/h6-7,10,13H,3-5,8-9,11-12H2,1-2H3,(H,18,23). The molecule has 6 nitrogen and oxygen atoms in total. The highest BCUT2D eigenvalue weighted by molar-refractivity contribution is 7.10. The molecule has 0 unspecified atom stereocenters. The van der Waals surface area contributed by atoms with Crippen molar-refractivity contribution in [2.75, 3.05) is 13.6 Å². The number of aromatic nitrogens is 3. The molecule has 1 saturated carbocycles. The fraction of sp³-hybridized carbons (Fsp3) is 0.588. The van der Waals surface area contributed by atoms with Gasteiger partial charge in [0.25, 0.3) is 0 Å². The summed E-state index contributed by atoms with van der Waals surface area (Å²) in [6.45, 7) is 1.16. The summed E-state index contributed by atoms with van der Waals surface area (Å²) in [5.41, 5.74) is 0.105. The Labute approximate surface area is 146 Å². The number of hydrogen-bond donors (Lipinski definition) is 1. The largest absolute Gasteiger partial charge is 0.337 e. The second-order valence-corrected chi connectivity index (χ2v) is 7.58. The van der Waals surface area contributed by atoms with Crippen LogP contribution in [0.4, 0.5) is 4.79 Å². The van der Waals surface area contributed by atoms with Crippen molar-refractivity contribution >= 4 is 17.4 Å². The lowest BCUT2D eigenvalue weighted by atomic mass is 9.73. The number of amides is 2. The van der Waals surface area contributed by atoms with Gasteiger partial charge in [0.05, 0.1) is 6.54 Å². The molecule has 0 spiro atoms. The molecule has 130 valence electrons. The number of rotatable bonds is 5. The summed E-state index contributed by atoms with van der Waals surface area (Å²) >= 11 is 1.81. The Morgan fingerprint density at radius 1 is 1.42 bits per heavy atom. The Hall–Kier alpha value is -1.89. The van der Waals surface area contributed by atoms with E-state index in [-0.39, 0.29) is 11.4 Å². The molecule has 7 heteroatoms. The fourth-order valence-electron chi connectivity index (χ4n) is 3.45. The van der Waals surface area contributed by atoms with E-state index in [9.17, 15) is 4.79 Å². The molecule has 3 rings (SSSR count). The van der Waals surface area contributed by atoms with E-state index >= 15 is 0 Å². The first-order valence-electron chi connectivity index (χ1n) is 8.46. The Bertz CT molecular complexity index is 660. The van der Waals surface area contributed by atoms with E-state index in [0.717, 1.165) is 18.7 Å². The normalized spacial score (nSPS) is 16.8. The number of nitrogens with zero attached hydrogens (tertiary/aromatic N) is 4. The van der Waals surface area contributed by atoms with E-state index in [1.807, 2.05) is 18.4 Å². The maximum atomic E-state index is 12.5. The minimum absolute atomic E-state index is 0.0560. The highest BCUT2D eigenvalue weighted by Crippen LogP contribution is 2.41. The van der Waals surface area contributed by atoms with Crippen LogP contribution in [0, 0.1) is 0 Å². The number of thiophene rings is 1. The topological polar surface area (TPSA) is 63.1 Å². The third-order valence-electron chi connectivity index (χ3n) is 4.96. The molecule has 0 aliphatic heterocycles. The number of urea groups is 1. The van der Waals surface area contributed by atoms with Crippen LogP contribution in [0.5, 0.6) is 0 Å². The van der Waals surface area contributed by atoms with Crippen molar-refractivity contribution < 1.29 is 4.79 Å². The van der Waals surface area contributed by atoms with Crippen LogP contribution in [-0.4, -0.2) is 39.3 Å². The van der Waals surface area contributed by atoms with E-state index in [1.54, 1.807) is 16.6 Å². The van der Waals surface area contributed by atoms with Crippen molar-refractivity contribution in [1.29, 1.82) is 0 Å². The van der Waals surface area contributed by atoms with Gasteiger partial charge in [-0.15, -0.1) is 11.3 Å². The van der Waals surface area contributed by atoms with Crippen LogP contribution in [0.3, 0.4) is 0 Å². The molecule has 0 radical (unpaired) electrons. The summed E-state index contributed by atoms with van der Waals surface area (Å²) in [7, 11) is 3.63. The lowest BCUT2D eigenvalue weighted by Crippen LogP contribution is -2.46. The molecule has 1 aliphatic rings. The van der Waals surface area contributed by atoms with E-state index in [4.69, 9.17) is 0 Å². The van der Waals surface area contributed by atoms with Gasteiger partial charge in [0.1, 0.15) is 12.2 Å². The Morgan fingerprint density at radius 2 is 2.21 bits per heavy atom. The highest BCUT2D eigenvalue weighted by atomic mass is 32.1. The van der Waals surface area contributed by atoms with Crippen molar-refractivity contribution in [3.8, 4) is 0 Å². The van der Waals surface area contributed by atoms with Crippen LogP contribution >= 0.6 is 11.3 Å². The average Bonchev–Trinajstić information content (AvgIpc) is 3.26. The predicted octanol–water partition coefficient (Wildman–Crippen LogP) is 2.92. The van der Waals surface area contributed by atoms with Gasteiger partial charge in [-0.1, -0.05) is 25.3 Å². The summed E-state index contributed by atoms with van der Waals surface area (Å²) < 4.78 is 1.69. The summed E-state index contributed by atoms with van der Waals surface area (Å²) in [5, 5.41) is 9.32. The zero-order chi connectivity index (χ0) is 17.0. The van der Waals surface area contributed by atoms with Gasteiger partial charge in [-0.25, -0.2) is 9.78 Å². The Kier molecular flexibility index (Phi) is 5.18. The van der Waals surface area contributed by atoms with E-state index in [2.05, 4.69) is 32.9 Å². The molecule has 2 heterocycles. The van der Waals surface area contributed by atoms with Crippen molar-refractivity contribution in [3.05, 3.63) is 34.5 Å². The van der Waals surface area contributed by atoms with E-state index in [1.165, 1.54) is 30.5 Å². The van der Waals surface area contributed by atoms with Gasteiger partial charge < -0.3 is 10.2 Å². The number of carbonyl (C=O) groups excluding carboxylic acids is 1. The third-order valence-corrected chi connectivity index (χ3v) is 6.08. The van der Waals surface area contributed by atoms with Gasteiger partial charge in [-0.2, -0.15) is 5.10 Å². The summed E-state index contributed by atoms with van der Waals surface area (Å²) in [6, 6.07) is 4.27. The average molecular weight is 347 g/mol. The Morgan fingerprint density at radius 3 is 2.83 bits per heavy atom. The number of aryl methyl sites for hydroxylation is 1. The van der Waals surface area contributed by atoms with Crippen molar-refractivity contribution in [2.24, 2.45) is 7.05 Å². The molecule has 0 bridgehead atoms. The van der Waals surface area contributed by atoms with Crippen LogP contribution < -0.4 is 5.32 Å². The smallest absolute Gasteiger partial charge is 0.317 e. The molecule has 2 amide bonds. The monoisotopic (exact) mass is 347 g/mol. The number of nitrogens with one attached hydrogen (secondary N) is 1. The van der Waals surface area contributed by atoms with Crippen LogP contribution in [0.1, 0.15) is 42.8 Å². The molecule has 0 atom stereocenters. The first kappa shape index (κ1) is 17.0. The van der Waals surface area contributed by atoms with Crippen LogP contribution in [-0.2, 0) is 19.0 Å². The second-order valence-electron chi connectivity index (χ2n) is 6.63. The maximum absolute atomic E-state index is 12.5. The quantitative estimate of drug-likeness (QED) is 0.904. The van der Waals surface area contributed by atoms with Crippen molar-refractivity contribution in [3.63, 3.8) is 0 Å². The fourth-order valence-corrected chi connectivity index (χ4v) is 4.43. The highest BCUT2D eigenvalue weighted by Gasteiger charge is 2.35. The van der Waals surface area contributed by atoms with Gasteiger partial charge in [0, 0.05) is 30.9 Å². The lowest BCUT2D eigenvalue weighted by molar-refractivity contribution is 0.197. The molecule has 2 aromatic heterocycles. The first-order chi connectivity index (χ1) is 11.6. The molecular formula is C17H25N5OS. The van der Waals surface area contributed by atoms with E-state index < -0.39 is 0 Å². The van der Waals surface area contributed by atoms with Crippen molar-refractivity contribution in [2.45, 2.75) is 44.1 Å². The van der Waals surface area contributed by atoms with Gasteiger partial charge in [0.2, 0.25) is 0 Å². The molecule has 1 N–H and O–H groups in total. The molecule has 1 fully saturated rings. The lowest BCUT2D eigenvalue weighted by Gasteiger charge is -2.37. The van der Waals surface area contributed by atoms with Crippen LogP contribution in [0.25, 0.3) is 0 Å². The summed E-state index contributed by atoms with van der Waals surface area (Å²) in [6.07, 6.45) is 7.59. The first-order valence-corrected chi connectivity index (χ1v) is 9.34. The van der Waals surface area contributed by atoms with Crippen LogP contribution in [0.2, 0.25) is 0 Å². The minimum atomic E-state index is -0.0560. The number of hydrogen-bond acceptors (Lipinski definition) is 4. The van der Waals surface area contributed by atoms with Gasteiger partial charge in [-0.05, 0) is 24.3 Å². The number of carbonyl (C=O) groups is 1. The summed E-state index contributed by atoms with van der Waals surface area (Å²) in [5.74, 6) is 0.776. The molecule has 0 saturated heterocycles. The van der Waals surface area contributed by atoms with Crippen LogP contribution in [0.15, 0.2) is 23.8 Å². The molecule has 1 aliphatic carbocycles. The minimum Gasteiger partial charge on any atom is -0.337 e. The third kappa shape index (κ3) is 3.61. The SMILES string of the molecule is CN(Cc1ncnn1C)C(=O)NCC1(c2cccs2)CCCCC1. The van der Waals surface area contributed by atoms with Gasteiger partial charge >= 0.3 is 6.03 Å². The molecule has 24 heavy (non-hydrogen) atoms. The van der Waals surface area contributed by atoms with Gasteiger partial charge in [-0.3, -0.25) is 4.68 Å².